The lowest BCUT2D eigenvalue weighted by Crippen LogP contribution is -2.10. The maximum absolute atomic E-state index is 12.3. The summed E-state index contributed by atoms with van der Waals surface area (Å²) in [6, 6.07) is 25.0. The maximum Gasteiger partial charge on any atom is 0.223 e. The Morgan fingerprint density at radius 3 is 2.56 bits per heavy atom. The highest BCUT2D eigenvalue weighted by molar-refractivity contribution is 5.81. The highest BCUT2D eigenvalue weighted by Gasteiger charge is 2.09. The third-order valence-corrected chi connectivity index (χ3v) is 5.25. The SMILES string of the molecule is COc1ccc(-c2nc3ccc(-n4ccc(=O)c(OCc5ccccc5)c4)cc3[nH]2)cc1. The van der Waals surface area contributed by atoms with E-state index in [4.69, 9.17) is 9.47 Å². The number of imidazole rings is 1. The monoisotopic (exact) mass is 423 g/mol. The molecule has 1 N–H and O–H groups in total. The Bertz CT molecular complexity index is 1420. The molecule has 5 aromatic rings. The number of fused-ring (bicyclic) bond motifs is 1. The number of nitrogens with one attached hydrogen (secondary N) is 1. The van der Waals surface area contributed by atoms with Gasteiger partial charge in [0.05, 0.1) is 24.3 Å². The maximum atomic E-state index is 12.3. The van der Waals surface area contributed by atoms with Gasteiger partial charge in [-0.2, -0.15) is 0 Å². The van der Waals surface area contributed by atoms with Gasteiger partial charge in [-0.1, -0.05) is 30.3 Å². The van der Waals surface area contributed by atoms with Crippen molar-refractivity contribution in [2.45, 2.75) is 6.61 Å². The van der Waals surface area contributed by atoms with Crippen molar-refractivity contribution in [1.82, 2.24) is 14.5 Å². The Labute approximate surface area is 184 Å². The minimum absolute atomic E-state index is 0.151. The van der Waals surface area contributed by atoms with Crippen LogP contribution in [0, 0.1) is 0 Å². The van der Waals surface area contributed by atoms with Crippen molar-refractivity contribution in [1.29, 1.82) is 0 Å². The number of benzene rings is 3. The minimum Gasteiger partial charge on any atom is -0.497 e. The molecule has 0 spiro atoms. The second kappa shape index (κ2) is 8.43. The first-order valence-corrected chi connectivity index (χ1v) is 10.2. The Kier molecular flexibility index (Phi) is 5.17. The lowest BCUT2D eigenvalue weighted by atomic mass is 10.2. The summed E-state index contributed by atoms with van der Waals surface area (Å²) in [5.74, 6) is 1.89. The second-order valence-corrected chi connectivity index (χ2v) is 7.37. The summed E-state index contributed by atoms with van der Waals surface area (Å²) in [5.41, 5.74) is 4.49. The number of rotatable bonds is 6. The number of hydrogen-bond donors (Lipinski definition) is 1. The molecule has 0 saturated heterocycles. The number of methoxy groups -OCH3 is 1. The molecule has 0 saturated carbocycles. The van der Waals surface area contributed by atoms with Crippen LogP contribution in [-0.2, 0) is 6.61 Å². The van der Waals surface area contributed by atoms with Gasteiger partial charge in [-0.05, 0) is 48.0 Å². The van der Waals surface area contributed by atoms with E-state index in [1.54, 1.807) is 19.5 Å². The van der Waals surface area contributed by atoms with Gasteiger partial charge in [0, 0.05) is 23.5 Å². The Morgan fingerprint density at radius 1 is 0.969 bits per heavy atom. The van der Waals surface area contributed by atoms with E-state index in [2.05, 4.69) is 9.97 Å². The van der Waals surface area contributed by atoms with Crippen LogP contribution >= 0.6 is 0 Å². The molecule has 0 fully saturated rings. The molecule has 158 valence electrons. The molecule has 32 heavy (non-hydrogen) atoms. The molecule has 0 aliphatic rings. The number of pyridine rings is 1. The summed E-state index contributed by atoms with van der Waals surface area (Å²) >= 11 is 0. The number of ether oxygens (including phenoxy) is 2. The highest BCUT2D eigenvalue weighted by Crippen LogP contribution is 2.24. The number of aromatic amines is 1. The van der Waals surface area contributed by atoms with Crippen LogP contribution in [0.5, 0.6) is 11.5 Å². The molecule has 5 rings (SSSR count). The van der Waals surface area contributed by atoms with Crippen molar-refractivity contribution in [3.05, 3.63) is 107 Å². The fourth-order valence-electron chi connectivity index (χ4n) is 3.51. The van der Waals surface area contributed by atoms with Crippen molar-refractivity contribution in [2.75, 3.05) is 7.11 Å². The van der Waals surface area contributed by atoms with Gasteiger partial charge >= 0.3 is 0 Å². The fourth-order valence-corrected chi connectivity index (χ4v) is 3.51. The van der Waals surface area contributed by atoms with Gasteiger partial charge in [0.15, 0.2) is 5.75 Å². The molecule has 0 unspecified atom stereocenters. The first kappa shape index (κ1) is 19.6. The predicted octanol–water partition coefficient (Wildman–Crippen LogP) is 4.97. The standard InChI is InChI=1S/C26H21N3O3/c1-31-21-10-7-19(8-11-21)26-27-22-12-9-20(15-23(22)28-26)29-14-13-24(30)25(16-29)32-17-18-5-3-2-4-6-18/h2-16H,17H2,1H3,(H,27,28). The lowest BCUT2D eigenvalue weighted by Gasteiger charge is -2.10. The molecule has 3 aromatic carbocycles. The largest absolute Gasteiger partial charge is 0.497 e. The summed E-state index contributed by atoms with van der Waals surface area (Å²) in [4.78, 5) is 20.3. The van der Waals surface area contributed by atoms with Crippen molar-refractivity contribution >= 4 is 11.0 Å². The van der Waals surface area contributed by atoms with Crippen molar-refractivity contribution in [2.24, 2.45) is 0 Å². The average Bonchev–Trinajstić information content (AvgIpc) is 3.28. The number of H-pyrrole nitrogens is 1. The van der Waals surface area contributed by atoms with E-state index in [0.29, 0.717) is 12.4 Å². The second-order valence-electron chi connectivity index (χ2n) is 7.37. The van der Waals surface area contributed by atoms with Crippen LogP contribution in [0.15, 0.2) is 96.1 Å². The van der Waals surface area contributed by atoms with E-state index in [-0.39, 0.29) is 5.43 Å². The van der Waals surface area contributed by atoms with Gasteiger partial charge < -0.3 is 19.0 Å². The van der Waals surface area contributed by atoms with E-state index >= 15 is 0 Å². The molecule has 0 atom stereocenters. The van der Waals surface area contributed by atoms with E-state index in [1.165, 1.54) is 6.07 Å². The van der Waals surface area contributed by atoms with Crippen LogP contribution in [-0.4, -0.2) is 21.6 Å². The summed E-state index contributed by atoms with van der Waals surface area (Å²) < 4.78 is 12.9. The number of hydrogen-bond acceptors (Lipinski definition) is 4. The zero-order chi connectivity index (χ0) is 21.9. The van der Waals surface area contributed by atoms with Crippen LogP contribution < -0.4 is 14.9 Å². The number of aromatic nitrogens is 3. The van der Waals surface area contributed by atoms with E-state index in [0.717, 1.165) is 39.4 Å². The zero-order valence-electron chi connectivity index (χ0n) is 17.5. The quantitative estimate of drug-likeness (QED) is 0.419. The number of nitrogens with zero attached hydrogens (tertiary/aromatic N) is 2. The predicted molar refractivity (Wildman–Crippen MR) is 124 cm³/mol. The summed E-state index contributed by atoms with van der Waals surface area (Å²) in [6.07, 6.45) is 3.45. The molecular formula is C26H21N3O3. The molecule has 0 radical (unpaired) electrons. The normalized spacial score (nSPS) is 10.9. The van der Waals surface area contributed by atoms with Crippen molar-refractivity contribution < 1.29 is 9.47 Å². The molecule has 2 aromatic heterocycles. The molecular weight excluding hydrogens is 402 g/mol. The van der Waals surface area contributed by atoms with E-state index in [1.807, 2.05) is 77.4 Å². The molecule has 2 heterocycles. The zero-order valence-corrected chi connectivity index (χ0v) is 17.5. The van der Waals surface area contributed by atoms with Crippen LogP contribution in [0.2, 0.25) is 0 Å². The van der Waals surface area contributed by atoms with Crippen molar-refractivity contribution in [3.63, 3.8) is 0 Å². The summed E-state index contributed by atoms with van der Waals surface area (Å²) in [7, 11) is 1.65. The average molecular weight is 423 g/mol. The van der Waals surface area contributed by atoms with Gasteiger partial charge in [-0.15, -0.1) is 0 Å². The van der Waals surface area contributed by atoms with Gasteiger partial charge in [0.25, 0.3) is 0 Å². The molecule has 0 aliphatic heterocycles. The molecule has 0 aliphatic carbocycles. The third-order valence-electron chi connectivity index (χ3n) is 5.25. The third kappa shape index (κ3) is 3.98. The first-order valence-electron chi connectivity index (χ1n) is 10.2. The topological polar surface area (TPSA) is 69.1 Å². The Morgan fingerprint density at radius 2 is 1.78 bits per heavy atom. The van der Waals surface area contributed by atoms with E-state index < -0.39 is 0 Å². The summed E-state index contributed by atoms with van der Waals surface area (Å²) in [6.45, 7) is 0.338. The van der Waals surface area contributed by atoms with Crippen molar-refractivity contribution in [3.8, 4) is 28.6 Å². The molecule has 6 nitrogen and oxygen atoms in total. The minimum atomic E-state index is -0.151. The van der Waals surface area contributed by atoms with Gasteiger partial charge in [0.1, 0.15) is 18.2 Å². The Hall–Kier alpha value is -4.32. The fraction of sp³-hybridized carbons (Fsp3) is 0.0769. The lowest BCUT2D eigenvalue weighted by molar-refractivity contribution is 0.301. The van der Waals surface area contributed by atoms with Crippen LogP contribution in [0.3, 0.4) is 0 Å². The van der Waals surface area contributed by atoms with Crippen LogP contribution in [0.4, 0.5) is 0 Å². The molecule has 0 amide bonds. The van der Waals surface area contributed by atoms with Gasteiger partial charge in [-0.25, -0.2) is 4.98 Å². The highest BCUT2D eigenvalue weighted by atomic mass is 16.5. The smallest absolute Gasteiger partial charge is 0.223 e. The summed E-state index contributed by atoms with van der Waals surface area (Å²) in [5, 5.41) is 0. The van der Waals surface area contributed by atoms with E-state index in [9.17, 15) is 4.79 Å². The molecule has 6 heteroatoms. The van der Waals surface area contributed by atoms with Crippen LogP contribution in [0.1, 0.15) is 5.56 Å². The first-order chi connectivity index (χ1) is 15.7. The van der Waals surface area contributed by atoms with Gasteiger partial charge in [0.2, 0.25) is 5.43 Å². The molecule has 0 bridgehead atoms. The van der Waals surface area contributed by atoms with Gasteiger partial charge in [-0.3, -0.25) is 4.79 Å². The Balaban J connectivity index is 1.43. The van der Waals surface area contributed by atoms with Crippen LogP contribution in [0.25, 0.3) is 28.1 Å².